The highest BCUT2D eigenvalue weighted by atomic mass is 32.2. The van der Waals surface area contributed by atoms with Crippen molar-refractivity contribution in [2.75, 3.05) is 5.75 Å². The summed E-state index contributed by atoms with van der Waals surface area (Å²) in [5, 5.41) is 5.05. The third kappa shape index (κ3) is 4.71. The first-order valence-corrected chi connectivity index (χ1v) is 9.76. The van der Waals surface area contributed by atoms with Gasteiger partial charge in [-0.15, -0.1) is 23.1 Å². The molecule has 3 rings (SSSR count). The Bertz CT molecular complexity index is 831. The second-order valence-electron chi connectivity index (χ2n) is 5.62. The molecule has 5 heteroatoms. The molecule has 1 heterocycles. The van der Waals surface area contributed by atoms with Gasteiger partial charge in [0.05, 0.1) is 11.8 Å². The molecule has 3 aromatic rings. The normalized spacial score (nSPS) is 11.9. The van der Waals surface area contributed by atoms with Crippen molar-refractivity contribution >= 4 is 29.0 Å². The van der Waals surface area contributed by atoms with Crippen molar-refractivity contribution in [3.05, 3.63) is 87.9 Å². The van der Waals surface area contributed by atoms with Crippen molar-refractivity contribution in [1.82, 2.24) is 5.32 Å². The van der Waals surface area contributed by atoms with Crippen LogP contribution in [0, 0.1) is 12.7 Å². The van der Waals surface area contributed by atoms with E-state index in [1.165, 1.54) is 23.9 Å². The fourth-order valence-electron chi connectivity index (χ4n) is 2.49. The zero-order valence-electron chi connectivity index (χ0n) is 13.7. The van der Waals surface area contributed by atoms with Crippen LogP contribution in [-0.4, -0.2) is 11.7 Å². The molecular formula is C20H18FNOS2. The number of rotatable bonds is 6. The SMILES string of the molecule is Cc1ccccc1SCC(=O)NC(c1ccc(F)cc1)c1cccs1. The number of hydrogen-bond acceptors (Lipinski definition) is 3. The number of amides is 1. The molecule has 0 aliphatic heterocycles. The molecule has 0 saturated carbocycles. The van der Waals surface area contributed by atoms with Gasteiger partial charge in [-0.2, -0.15) is 0 Å². The van der Waals surface area contributed by atoms with E-state index in [0.29, 0.717) is 5.75 Å². The minimum atomic E-state index is -0.282. The Labute approximate surface area is 155 Å². The zero-order valence-corrected chi connectivity index (χ0v) is 15.4. The molecule has 0 spiro atoms. The predicted octanol–water partition coefficient (Wildman–Crippen LogP) is 5.19. The molecule has 1 unspecified atom stereocenters. The fourth-order valence-corrected chi connectivity index (χ4v) is 4.14. The van der Waals surface area contributed by atoms with E-state index in [2.05, 4.69) is 5.32 Å². The van der Waals surface area contributed by atoms with E-state index in [1.54, 1.807) is 23.5 Å². The van der Waals surface area contributed by atoms with Crippen LogP contribution in [0.1, 0.15) is 22.0 Å². The summed E-state index contributed by atoms with van der Waals surface area (Å²) in [6.45, 7) is 2.03. The predicted molar refractivity (Wildman–Crippen MR) is 103 cm³/mol. The Morgan fingerprint density at radius 1 is 1.12 bits per heavy atom. The van der Waals surface area contributed by atoms with E-state index in [0.717, 1.165) is 20.9 Å². The van der Waals surface area contributed by atoms with E-state index in [1.807, 2.05) is 48.7 Å². The number of thioether (sulfide) groups is 1. The summed E-state index contributed by atoms with van der Waals surface area (Å²) >= 11 is 3.10. The molecule has 128 valence electrons. The molecule has 25 heavy (non-hydrogen) atoms. The monoisotopic (exact) mass is 371 g/mol. The Kier molecular flexibility index (Phi) is 5.89. The first kappa shape index (κ1) is 17.7. The quantitative estimate of drug-likeness (QED) is 0.604. The van der Waals surface area contributed by atoms with Crippen LogP contribution in [-0.2, 0) is 4.79 Å². The maximum Gasteiger partial charge on any atom is 0.231 e. The summed E-state index contributed by atoms with van der Waals surface area (Å²) in [6, 6.07) is 18.0. The summed E-state index contributed by atoms with van der Waals surface area (Å²) in [5.74, 6) is 0.0135. The summed E-state index contributed by atoms with van der Waals surface area (Å²) in [7, 11) is 0. The Balaban J connectivity index is 1.71. The average Bonchev–Trinajstić information content (AvgIpc) is 3.14. The van der Waals surface area contributed by atoms with Crippen LogP contribution in [0.4, 0.5) is 4.39 Å². The van der Waals surface area contributed by atoms with Crippen molar-refractivity contribution in [2.24, 2.45) is 0 Å². The van der Waals surface area contributed by atoms with E-state index < -0.39 is 0 Å². The van der Waals surface area contributed by atoms with E-state index >= 15 is 0 Å². The third-order valence-corrected chi connectivity index (χ3v) is 5.90. The summed E-state index contributed by atoms with van der Waals surface area (Å²) in [5.41, 5.74) is 2.03. The Morgan fingerprint density at radius 2 is 1.88 bits per heavy atom. The molecule has 2 nitrogen and oxygen atoms in total. The van der Waals surface area contributed by atoms with Crippen LogP contribution in [0.5, 0.6) is 0 Å². The lowest BCUT2D eigenvalue weighted by Gasteiger charge is -2.18. The van der Waals surface area contributed by atoms with Gasteiger partial charge < -0.3 is 5.32 Å². The highest BCUT2D eigenvalue weighted by molar-refractivity contribution is 8.00. The fraction of sp³-hybridized carbons (Fsp3) is 0.150. The summed E-state index contributed by atoms with van der Waals surface area (Å²) in [6.07, 6.45) is 0. The number of aryl methyl sites for hydroxylation is 1. The Hall–Kier alpha value is -2.11. The van der Waals surface area contributed by atoms with Crippen molar-refractivity contribution in [3.63, 3.8) is 0 Å². The van der Waals surface area contributed by atoms with Gasteiger partial charge in [-0.3, -0.25) is 4.79 Å². The lowest BCUT2D eigenvalue weighted by atomic mass is 10.1. The molecule has 1 atom stereocenters. The van der Waals surface area contributed by atoms with Gasteiger partial charge in [-0.25, -0.2) is 4.39 Å². The molecular weight excluding hydrogens is 353 g/mol. The molecule has 1 N–H and O–H groups in total. The topological polar surface area (TPSA) is 29.1 Å². The highest BCUT2D eigenvalue weighted by Crippen LogP contribution is 2.27. The first-order chi connectivity index (χ1) is 12.1. The first-order valence-electron chi connectivity index (χ1n) is 7.90. The Morgan fingerprint density at radius 3 is 2.56 bits per heavy atom. The van der Waals surface area contributed by atoms with Gasteiger partial charge in [-0.05, 0) is 47.7 Å². The maximum atomic E-state index is 13.2. The number of hydrogen-bond donors (Lipinski definition) is 1. The van der Waals surface area contributed by atoms with E-state index in [-0.39, 0.29) is 17.8 Å². The highest BCUT2D eigenvalue weighted by Gasteiger charge is 2.18. The van der Waals surface area contributed by atoms with Crippen molar-refractivity contribution in [1.29, 1.82) is 0 Å². The van der Waals surface area contributed by atoms with Crippen LogP contribution in [0.2, 0.25) is 0 Å². The van der Waals surface area contributed by atoms with Gasteiger partial charge in [0.2, 0.25) is 5.91 Å². The zero-order chi connectivity index (χ0) is 17.6. The van der Waals surface area contributed by atoms with E-state index in [9.17, 15) is 9.18 Å². The second kappa shape index (κ2) is 8.32. The molecule has 0 bridgehead atoms. The van der Waals surface area contributed by atoms with Crippen molar-refractivity contribution < 1.29 is 9.18 Å². The van der Waals surface area contributed by atoms with Crippen molar-refractivity contribution in [2.45, 2.75) is 17.9 Å². The molecule has 0 aliphatic rings. The minimum Gasteiger partial charge on any atom is -0.344 e. The smallest absolute Gasteiger partial charge is 0.231 e. The molecule has 0 fully saturated rings. The van der Waals surface area contributed by atoms with Crippen molar-refractivity contribution in [3.8, 4) is 0 Å². The molecule has 2 aromatic carbocycles. The second-order valence-corrected chi connectivity index (χ2v) is 7.62. The number of thiophene rings is 1. The van der Waals surface area contributed by atoms with E-state index in [4.69, 9.17) is 0 Å². The van der Waals surface area contributed by atoms with Crippen LogP contribution in [0.25, 0.3) is 0 Å². The maximum absolute atomic E-state index is 13.2. The van der Waals surface area contributed by atoms with Gasteiger partial charge in [-0.1, -0.05) is 36.4 Å². The number of nitrogens with one attached hydrogen (secondary N) is 1. The summed E-state index contributed by atoms with van der Waals surface area (Å²) in [4.78, 5) is 14.6. The van der Waals surface area contributed by atoms with Crippen LogP contribution < -0.4 is 5.32 Å². The number of carbonyl (C=O) groups is 1. The molecule has 0 aliphatic carbocycles. The average molecular weight is 372 g/mol. The molecule has 1 amide bonds. The van der Waals surface area contributed by atoms with Gasteiger partial charge >= 0.3 is 0 Å². The number of carbonyl (C=O) groups excluding carboxylic acids is 1. The van der Waals surface area contributed by atoms with Crippen LogP contribution >= 0.6 is 23.1 Å². The minimum absolute atomic E-state index is 0.0454. The lowest BCUT2D eigenvalue weighted by molar-refractivity contribution is -0.119. The third-order valence-electron chi connectivity index (χ3n) is 3.79. The lowest BCUT2D eigenvalue weighted by Crippen LogP contribution is -2.30. The standard InChI is InChI=1S/C20H18FNOS2/c1-14-5-2-3-6-17(14)25-13-19(23)22-20(18-7-4-12-24-18)15-8-10-16(21)11-9-15/h2-12,20H,13H2,1H3,(H,22,23). The number of benzene rings is 2. The van der Waals surface area contributed by atoms with Gasteiger partial charge in [0.25, 0.3) is 0 Å². The molecule has 0 saturated heterocycles. The largest absolute Gasteiger partial charge is 0.344 e. The summed E-state index contributed by atoms with van der Waals surface area (Å²) < 4.78 is 13.2. The number of halogens is 1. The van der Waals surface area contributed by atoms with Crippen LogP contribution in [0.15, 0.2) is 70.9 Å². The van der Waals surface area contributed by atoms with Crippen LogP contribution in [0.3, 0.4) is 0 Å². The molecule has 0 radical (unpaired) electrons. The van der Waals surface area contributed by atoms with Gasteiger partial charge in [0.15, 0.2) is 0 Å². The van der Waals surface area contributed by atoms with Gasteiger partial charge in [0, 0.05) is 9.77 Å². The van der Waals surface area contributed by atoms with Gasteiger partial charge in [0.1, 0.15) is 5.82 Å². The molecule has 1 aromatic heterocycles.